The molecule has 0 saturated carbocycles. The summed E-state index contributed by atoms with van der Waals surface area (Å²) in [7, 11) is 0. The Balaban J connectivity index is 1.35. The van der Waals surface area contributed by atoms with Crippen LogP contribution in [0.15, 0.2) is 65.3 Å². The number of hydrogen-bond donors (Lipinski definition) is 1. The minimum Gasteiger partial charge on any atom is -0.479 e. The van der Waals surface area contributed by atoms with Crippen molar-refractivity contribution in [2.75, 3.05) is 0 Å². The van der Waals surface area contributed by atoms with Gasteiger partial charge in [-0.25, -0.2) is 8.78 Å². The topological polar surface area (TPSA) is 69.3 Å². The van der Waals surface area contributed by atoms with Crippen molar-refractivity contribution >= 4 is 16.8 Å². The summed E-state index contributed by atoms with van der Waals surface area (Å²) < 4.78 is 39.4. The van der Waals surface area contributed by atoms with Crippen molar-refractivity contribution in [1.82, 2.24) is 15.0 Å². The second-order valence-corrected chi connectivity index (χ2v) is 6.92. The van der Waals surface area contributed by atoms with Gasteiger partial charge in [-0.05, 0) is 36.6 Å². The number of nitrogens with one attached hydrogen (secondary N) is 1. The van der Waals surface area contributed by atoms with E-state index in [2.05, 4.69) is 15.0 Å². The maximum atomic E-state index is 13.6. The van der Waals surface area contributed by atoms with Crippen LogP contribution in [0.25, 0.3) is 10.9 Å². The molecular weight excluding hydrogens is 392 g/mol. The molecule has 1 N–H and O–H groups in total. The molecule has 0 unspecified atom stereocenters. The third kappa shape index (κ3) is 4.17. The van der Waals surface area contributed by atoms with E-state index in [4.69, 9.17) is 9.26 Å². The van der Waals surface area contributed by atoms with E-state index < -0.39 is 23.3 Å². The number of para-hydroxylation sites is 2. The van der Waals surface area contributed by atoms with Crippen LogP contribution in [0.5, 0.6) is 5.75 Å². The number of rotatable bonds is 7. The van der Waals surface area contributed by atoms with Gasteiger partial charge in [0.25, 0.3) is 5.91 Å². The van der Waals surface area contributed by atoms with Crippen LogP contribution < -0.4 is 10.1 Å². The Morgan fingerprint density at radius 3 is 2.73 bits per heavy atom. The molecule has 0 aliphatic rings. The summed E-state index contributed by atoms with van der Waals surface area (Å²) in [5.41, 5.74) is 1.15. The summed E-state index contributed by atoms with van der Waals surface area (Å²) >= 11 is 0. The van der Waals surface area contributed by atoms with Gasteiger partial charge < -0.3 is 19.1 Å². The number of carbonyl (C=O) groups is 1. The van der Waals surface area contributed by atoms with Gasteiger partial charge in [0.15, 0.2) is 28.8 Å². The van der Waals surface area contributed by atoms with Crippen LogP contribution in [0.4, 0.5) is 8.78 Å². The smallest absolute Gasteiger partial charge is 0.273 e. The average Bonchev–Trinajstić information content (AvgIpc) is 3.35. The van der Waals surface area contributed by atoms with Gasteiger partial charge in [0.2, 0.25) is 0 Å². The van der Waals surface area contributed by atoms with Gasteiger partial charge in [0.05, 0.1) is 0 Å². The molecule has 0 bridgehead atoms. The SMILES string of the molecule is C[C@@H](Cn1ccc2ccccc21)NC(=O)c1cc(COc2c(F)cccc2F)on1. The zero-order valence-corrected chi connectivity index (χ0v) is 16.1. The predicted molar refractivity (Wildman–Crippen MR) is 106 cm³/mol. The second kappa shape index (κ2) is 8.36. The van der Waals surface area contributed by atoms with Gasteiger partial charge in [-0.2, -0.15) is 0 Å². The molecule has 4 aromatic rings. The van der Waals surface area contributed by atoms with Gasteiger partial charge in [0, 0.05) is 30.4 Å². The van der Waals surface area contributed by atoms with Crippen molar-refractivity contribution in [3.8, 4) is 5.75 Å². The molecule has 8 heteroatoms. The standard InChI is InChI=1S/C22H19F2N3O3/c1-14(12-27-10-9-15-5-2-3-8-20(15)27)25-22(28)19-11-16(30-26-19)13-29-21-17(23)6-4-7-18(21)24/h2-11,14H,12-13H2,1H3,(H,25,28)/t14-/m0/s1. The molecule has 0 aliphatic heterocycles. The molecule has 6 nitrogen and oxygen atoms in total. The quantitative estimate of drug-likeness (QED) is 0.492. The van der Waals surface area contributed by atoms with Crippen molar-refractivity contribution in [2.45, 2.75) is 26.1 Å². The summed E-state index contributed by atoms with van der Waals surface area (Å²) in [5.74, 6) is -2.39. The van der Waals surface area contributed by atoms with Crippen molar-refractivity contribution in [2.24, 2.45) is 0 Å². The number of hydrogen-bond acceptors (Lipinski definition) is 4. The number of fused-ring (bicyclic) bond motifs is 1. The van der Waals surface area contributed by atoms with Crippen LogP contribution in [0.1, 0.15) is 23.2 Å². The third-order valence-corrected chi connectivity index (χ3v) is 4.60. The van der Waals surface area contributed by atoms with Crippen molar-refractivity contribution in [3.63, 3.8) is 0 Å². The summed E-state index contributed by atoms with van der Waals surface area (Å²) in [6.45, 7) is 2.21. The number of aromatic nitrogens is 2. The zero-order chi connectivity index (χ0) is 21.1. The largest absolute Gasteiger partial charge is 0.479 e. The number of benzene rings is 2. The van der Waals surface area contributed by atoms with E-state index in [0.717, 1.165) is 23.0 Å². The maximum absolute atomic E-state index is 13.6. The second-order valence-electron chi connectivity index (χ2n) is 6.92. The van der Waals surface area contributed by atoms with E-state index in [-0.39, 0.29) is 24.1 Å². The first kappa shape index (κ1) is 19.6. The van der Waals surface area contributed by atoms with E-state index in [9.17, 15) is 13.6 Å². The van der Waals surface area contributed by atoms with Crippen LogP contribution in [0.3, 0.4) is 0 Å². The molecule has 154 valence electrons. The monoisotopic (exact) mass is 411 g/mol. The highest BCUT2D eigenvalue weighted by Gasteiger charge is 2.17. The molecule has 2 aromatic carbocycles. The fourth-order valence-corrected chi connectivity index (χ4v) is 3.19. The molecular formula is C22H19F2N3O3. The molecule has 30 heavy (non-hydrogen) atoms. The number of carbonyl (C=O) groups excluding carboxylic acids is 1. The van der Waals surface area contributed by atoms with E-state index >= 15 is 0 Å². The predicted octanol–water partition coefficient (Wildman–Crippen LogP) is 4.31. The molecule has 2 aromatic heterocycles. The van der Waals surface area contributed by atoms with Crippen molar-refractivity contribution in [3.05, 3.63) is 83.9 Å². The molecule has 0 saturated heterocycles. The van der Waals surface area contributed by atoms with Crippen LogP contribution in [-0.4, -0.2) is 21.7 Å². The molecule has 0 radical (unpaired) electrons. The number of halogens is 2. The Hall–Kier alpha value is -3.68. The lowest BCUT2D eigenvalue weighted by Gasteiger charge is -2.14. The van der Waals surface area contributed by atoms with Gasteiger partial charge in [-0.15, -0.1) is 0 Å². The summed E-state index contributed by atoms with van der Waals surface area (Å²) in [4.78, 5) is 12.4. The van der Waals surface area contributed by atoms with Crippen LogP contribution >= 0.6 is 0 Å². The van der Waals surface area contributed by atoms with E-state index in [1.807, 2.05) is 43.5 Å². The molecule has 0 fully saturated rings. The first-order valence-electron chi connectivity index (χ1n) is 9.38. The van der Waals surface area contributed by atoms with Crippen molar-refractivity contribution in [1.29, 1.82) is 0 Å². The molecule has 1 atom stereocenters. The lowest BCUT2D eigenvalue weighted by atomic mass is 10.2. The number of amides is 1. The minimum absolute atomic E-state index is 0.0619. The Bertz CT molecular complexity index is 1170. The molecule has 0 spiro atoms. The highest BCUT2D eigenvalue weighted by atomic mass is 19.1. The van der Waals surface area contributed by atoms with Crippen LogP contribution in [0.2, 0.25) is 0 Å². The lowest BCUT2D eigenvalue weighted by Crippen LogP contribution is -2.35. The minimum atomic E-state index is -0.821. The van der Waals surface area contributed by atoms with E-state index in [0.29, 0.717) is 6.54 Å². The fourth-order valence-electron chi connectivity index (χ4n) is 3.19. The van der Waals surface area contributed by atoms with E-state index in [1.165, 1.54) is 12.1 Å². The van der Waals surface area contributed by atoms with Crippen molar-refractivity contribution < 1.29 is 22.8 Å². The van der Waals surface area contributed by atoms with Crippen LogP contribution in [-0.2, 0) is 13.2 Å². The molecule has 0 aliphatic carbocycles. The fraction of sp³-hybridized carbons (Fsp3) is 0.182. The van der Waals surface area contributed by atoms with E-state index in [1.54, 1.807) is 0 Å². The Morgan fingerprint density at radius 2 is 1.93 bits per heavy atom. The molecule has 1 amide bonds. The summed E-state index contributed by atoms with van der Waals surface area (Å²) in [6, 6.07) is 14.6. The lowest BCUT2D eigenvalue weighted by molar-refractivity contribution is 0.0927. The third-order valence-electron chi connectivity index (χ3n) is 4.60. The van der Waals surface area contributed by atoms with Crippen LogP contribution in [0, 0.1) is 11.6 Å². The van der Waals surface area contributed by atoms with Gasteiger partial charge in [0.1, 0.15) is 6.61 Å². The molecule has 4 rings (SSSR count). The first-order valence-corrected chi connectivity index (χ1v) is 9.38. The summed E-state index contributed by atoms with van der Waals surface area (Å²) in [5, 5.41) is 7.70. The zero-order valence-electron chi connectivity index (χ0n) is 16.1. The number of nitrogens with zero attached hydrogens (tertiary/aromatic N) is 2. The Labute approximate surface area is 171 Å². The van der Waals surface area contributed by atoms with Gasteiger partial charge in [-0.3, -0.25) is 4.79 Å². The summed E-state index contributed by atoms with van der Waals surface area (Å²) in [6.07, 6.45) is 1.97. The maximum Gasteiger partial charge on any atom is 0.273 e. The first-order chi connectivity index (χ1) is 14.5. The molecule has 2 heterocycles. The Kier molecular flexibility index (Phi) is 5.47. The normalized spacial score (nSPS) is 12.1. The number of ether oxygens (including phenoxy) is 1. The average molecular weight is 411 g/mol. The van der Waals surface area contributed by atoms with Gasteiger partial charge in [-0.1, -0.05) is 29.4 Å². The highest BCUT2D eigenvalue weighted by Crippen LogP contribution is 2.22. The van der Waals surface area contributed by atoms with Gasteiger partial charge >= 0.3 is 0 Å². The Morgan fingerprint density at radius 1 is 1.17 bits per heavy atom. The highest BCUT2D eigenvalue weighted by molar-refractivity contribution is 5.92.